The third-order valence-corrected chi connectivity index (χ3v) is 4.79. The minimum absolute atomic E-state index is 0.0146. The van der Waals surface area contributed by atoms with Gasteiger partial charge in [0.05, 0.1) is 13.3 Å². The molecule has 3 rings (SSSR count). The zero-order valence-corrected chi connectivity index (χ0v) is 15.7. The maximum Gasteiger partial charge on any atom is 0.243 e. The van der Waals surface area contributed by atoms with Crippen molar-refractivity contribution in [3.63, 3.8) is 0 Å². The number of benzene rings is 2. The van der Waals surface area contributed by atoms with E-state index >= 15 is 0 Å². The SMILES string of the molecule is COc1cc(/C=N/NC(=O)C2CCCCC2)ccc1OCc1ccccc1. The molecule has 0 aliphatic heterocycles. The molecule has 5 heteroatoms. The summed E-state index contributed by atoms with van der Waals surface area (Å²) in [5.74, 6) is 1.41. The summed E-state index contributed by atoms with van der Waals surface area (Å²) in [6.45, 7) is 0.474. The molecule has 0 radical (unpaired) electrons. The summed E-state index contributed by atoms with van der Waals surface area (Å²) in [6.07, 6.45) is 7.04. The van der Waals surface area contributed by atoms with Gasteiger partial charge in [-0.1, -0.05) is 49.6 Å². The van der Waals surface area contributed by atoms with Crippen LogP contribution in [0.4, 0.5) is 0 Å². The molecule has 5 nitrogen and oxygen atoms in total. The van der Waals surface area contributed by atoms with E-state index in [1.165, 1.54) is 6.42 Å². The first-order valence-corrected chi connectivity index (χ1v) is 9.44. The van der Waals surface area contributed by atoms with Gasteiger partial charge in [-0.3, -0.25) is 4.79 Å². The van der Waals surface area contributed by atoms with Crippen molar-refractivity contribution in [3.8, 4) is 11.5 Å². The van der Waals surface area contributed by atoms with Gasteiger partial charge in [0.15, 0.2) is 11.5 Å². The Balaban J connectivity index is 1.57. The van der Waals surface area contributed by atoms with Gasteiger partial charge in [0.1, 0.15) is 6.61 Å². The molecule has 0 saturated heterocycles. The summed E-state index contributed by atoms with van der Waals surface area (Å²) in [6, 6.07) is 15.6. The van der Waals surface area contributed by atoms with E-state index in [4.69, 9.17) is 9.47 Å². The highest BCUT2D eigenvalue weighted by Crippen LogP contribution is 2.28. The Hall–Kier alpha value is -2.82. The molecule has 2 aromatic rings. The molecule has 1 fully saturated rings. The first kappa shape index (κ1) is 19.0. The number of methoxy groups -OCH3 is 1. The second-order valence-electron chi connectivity index (χ2n) is 6.75. The number of hydrazone groups is 1. The lowest BCUT2D eigenvalue weighted by atomic mass is 9.89. The zero-order chi connectivity index (χ0) is 18.9. The minimum Gasteiger partial charge on any atom is -0.493 e. The van der Waals surface area contributed by atoms with Crippen LogP contribution in [0.25, 0.3) is 0 Å². The fraction of sp³-hybridized carbons (Fsp3) is 0.364. The number of hydrogen-bond donors (Lipinski definition) is 1. The maximum absolute atomic E-state index is 12.1. The molecular formula is C22H26N2O3. The molecule has 1 saturated carbocycles. The van der Waals surface area contributed by atoms with E-state index in [0.29, 0.717) is 18.1 Å². The molecule has 1 N–H and O–H groups in total. The second kappa shape index (κ2) is 9.76. The second-order valence-corrected chi connectivity index (χ2v) is 6.75. The third kappa shape index (κ3) is 5.58. The van der Waals surface area contributed by atoms with Crippen LogP contribution in [0.5, 0.6) is 11.5 Å². The normalized spacial score (nSPS) is 14.9. The number of amides is 1. The van der Waals surface area contributed by atoms with Gasteiger partial charge in [0.25, 0.3) is 0 Å². The van der Waals surface area contributed by atoms with E-state index in [1.54, 1.807) is 13.3 Å². The van der Waals surface area contributed by atoms with E-state index in [-0.39, 0.29) is 11.8 Å². The Bertz CT molecular complexity index is 768. The van der Waals surface area contributed by atoms with Crippen LogP contribution in [0.15, 0.2) is 53.6 Å². The van der Waals surface area contributed by atoms with Crippen molar-refractivity contribution in [3.05, 3.63) is 59.7 Å². The van der Waals surface area contributed by atoms with Crippen LogP contribution in [-0.4, -0.2) is 19.2 Å². The van der Waals surface area contributed by atoms with Crippen molar-refractivity contribution < 1.29 is 14.3 Å². The molecule has 0 heterocycles. The Labute approximate surface area is 160 Å². The third-order valence-electron chi connectivity index (χ3n) is 4.79. The lowest BCUT2D eigenvalue weighted by Crippen LogP contribution is -2.28. The van der Waals surface area contributed by atoms with Crippen LogP contribution in [0, 0.1) is 5.92 Å². The monoisotopic (exact) mass is 366 g/mol. The van der Waals surface area contributed by atoms with Crippen molar-refractivity contribution in [2.24, 2.45) is 11.0 Å². The number of carbonyl (C=O) groups excluding carboxylic acids is 1. The van der Waals surface area contributed by atoms with Gasteiger partial charge in [-0.25, -0.2) is 5.43 Å². The molecule has 1 amide bonds. The smallest absolute Gasteiger partial charge is 0.243 e. The molecule has 2 aromatic carbocycles. The first-order chi connectivity index (χ1) is 13.3. The van der Waals surface area contributed by atoms with Crippen LogP contribution < -0.4 is 14.9 Å². The Morgan fingerprint density at radius 3 is 2.63 bits per heavy atom. The highest BCUT2D eigenvalue weighted by molar-refractivity contribution is 5.84. The molecule has 27 heavy (non-hydrogen) atoms. The Kier molecular flexibility index (Phi) is 6.85. The fourth-order valence-electron chi connectivity index (χ4n) is 3.25. The van der Waals surface area contributed by atoms with Crippen LogP contribution in [0.2, 0.25) is 0 Å². The Morgan fingerprint density at radius 1 is 1.11 bits per heavy atom. The van der Waals surface area contributed by atoms with E-state index in [2.05, 4.69) is 10.5 Å². The maximum atomic E-state index is 12.1. The van der Waals surface area contributed by atoms with E-state index in [9.17, 15) is 4.79 Å². The lowest BCUT2D eigenvalue weighted by molar-refractivity contribution is -0.125. The van der Waals surface area contributed by atoms with Gasteiger partial charge >= 0.3 is 0 Å². The summed E-state index contributed by atoms with van der Waals surface area (Å²) < 4.78 is 11.3. The van der Waals surface area contributed by atoms with E-state index in [0.717, 1.165) is 36.8 Å². The average Bonchev–Trinajstić information content (AvgIpc) is 2.74. The zero-order valence-electron chi connectivity index (χ0n) is 15.7. The van der Waals surface area contributed by atoms with Crippen LogP contribution in [0.3, 0.4) is 0 Å². The van der Waals surface area contributed by atoms with Crippen LogP contribution in [0.1, 0.15) is 43.2 Å². The first-order valence-electron chi connectivity index (χ1n) is 9.44. The molecule has 0 atom stereocenters. The summed E-state index contributed by atoms with van der Waals surface area (Å²) >= 11 is 0. The predicted molar refractivity (Wildman–Crippen MR) is 106 cm³/mol. The standard InChI is InChI=1S/C22H26N2O3/c1-26-21-14-18(15-23-24-22(25)19-10-6-3-7-11-19)12-13-20(21)27-16-17-8-4-2-5-9-17/h2,4-5,8-9,12-15,19H,3,6-7,10-11,16H2,1H3,(H,24,25)/b23-15+. The summed E-state index contributed by atoms with van der Waals surface area (Å²) in [7, 11) is 1.61. The summed E-state index contributed by atoms with van der Waals surface area (Å²) in [4.78, 5) is 12.1. The molecule has 1 aliphatic rings. The van der Waals surface area contributed by atoms with Gasteiger partial charge in [-0.15, -0.1) is 0 Å². The number of nitrogens with one attached hydrogen (secondary N) is 1. The minimum atomic E-state index is 0.0146. The molecule has 142 valence electrons. The summed E-state index contributed by atoms with van der Waals surface area (Å²) in [5, 5.41) is 4.09. The molecule has 0 spiro atoms. The molecular weight excluding hydrogens is 340 g/mol. The number of carbonyl (C=O) groups is 1. The number of ether oxygens (including phenoxy) is 2. The fourth-order valence-corrected chi connectivity index (χ4v) is 3.25. The van der Waals surface area contributed by atoms with Crippen LogP contribution in [-0.2, 0) is 11.4 Å². The van der Waals surface area contributed by atoms with Crippen LogP contribution >= 0.6 is 0 Å². The molecule has 0 bridgehead atoms. The summed E-state index contributed by atoms with van der Waals surface area (Å²) in [5.41, 5.74) is 4.59. The van der Waals surface area contributed by atoms with E-state index < -0.39 is 0 Å². The number of rotatable bonds is 7. The van der Waals surface area contributed by atoms with Gasteiger partial charge in [-0.05, 0) is 42.2 Å². The molecule has 0 unspecified atom stereocenters. The Morgan fingerprint density at radius 2 is 1.89 bits per heavy atom. The highest BCUT2D eigenvalue weighted by Gasteiger charge is 2.20. The van der Waals surface area contributed by atoms with Gasteiger partial charge in [-0.2, -0.15) is 5.10 Å². The van der Waals surface area contributed by atoms with E-state index in [1.807, 2.05) is 48.5 Å². The van der Waals surface area contributed by atoms with Gasteiger partial charge in [0, 0.05) is 5.92 Å². The molecule has 0 aromatic heterocycles. The quantitative estimate of drug-likeness (QED) is 0.587. The number of nitrogens with zero attached hydrogens (tertiary/aromatic N) is 1. The topological polar surface area (TPSA) is 59.9 Å². The highest BCUT2D eigenvalue weighted by atomic mass is 16.5. The number of hydrogen-bond acceptors (Lipinski definition) is 4. The van der Waals surface area contributed by atoms with Crippen molar-refractivity contribution in [1.29, 1.82) is 0 Å². The van der Waals surface area contributed by atoms with Gasteiger partial charge < -0.3 is 9.47 Å². The average molecular weight is 366 g/mol. The largest absolute Gasteiger partial charge is 0.493 e. The van der Waals surface area contributed by atoms with Gasteiger partial charge in [0.2, 0.25) is 5.91 Å². The molecule has 1 aliphatic carbocycles. The lowest BCUT2D eigenvalue weighted by Gasteiger charge is -2.19. The van der Waals surface area contributed by atoms with Crippen molar-refractivity contribution in [2.45, 2.75) is 38.7 Å². The van der Waals surface area contributed by atoms with Crippen molar-refractivity contribution in [1.82, 2.24) is 5.43 Å². The van der Waals surface area contributed by atoms with Crippen molar-refractivity contribution in [2.75, 3.05) is 7.11 Å². The predicted octanol–water partition coefficient (Wildman–Crippen LogP) is 4.30. The van der Waals surface area contributed by atoms with Crippen molar-refractivity contribution >= 4 is 12.1 Å².